The van der Waals surface area contributed by atoms with Gasteiger partial charge in [-0.15, -0.1) is 0 Å². The maximum absolute atomic E-state index is 12.4. The van der Waals surface area contributed by atoms with Crippen molar-refractivity contribution in [2.75, 3.05) is 13.2 Å². The third kappa shape index (κ3) is 24.7. The highest BCUT2D eigenvalue weighted by molar-refractivity contribution is 5.76. The summed E-state index contributed by atoms with van der Waals surface area (Å²) in [7, 11) is 0. The third-order valence-corrected chi connectivity index (χ3v) is 9.95. The van der Waals surface area contributed by atoms with E-state index in [4.69, 9.17) is 9.47 Å². The second kappa shape index (κ2) is 33.9. The van der Waals surface area contributed by atoms with Gasteiger partial charge in [0.25, 0.3) is 0 Å². The number of ether oxygens (including phenoxy) is 2. The van der Waals surface area contributed by atoms with Crippen LogP contribution in [0, 0.1) is 0 Å². The molecule has 0 aromatic carbocycles. The molecule has 1 aliphatic heterocycles. The lowest BCUT2D eigenvalue weighted by Gasteiger charge is -2.40. The summed E-state index contributed by atoms with van der Waals surface area (Å²) < 4.78 is 11.0. The van der Waals surface area contributed by atoms with Crippen molar-refractivity contribution in [1.82, 2.24) is 5.32 Å². The molecule has 1 aliphatic rings. The number of unbranched alkanes of at least 4 members (excludes halogenated alkanes) is 20. The minimum atomic E-state index is -1.57. The molecule has 0 aromatic rings. The number of hydrogen-bond donors (Lipinski definition) is 6. The van der Waals surface area contributed by atoms with Gasteiger partial charge < -0.3 is 40.3 Å². The highest BCUT2D eigenvalue weighted by Crippen LogP contribution is 2.22. The molecule has 0 aliphatic carbocycles. The second-order valence-electron chi connectivity index (χ2n) is 14.8. The average molecular weight is 738 g/mol. The Balaban J connectivity index is 2.14. The van der Waals surface area contributed by atoms with Crippen molar-refractivity contribution in [2.45, 2.75) is 217 Å². The number of carbonyl (C=O) groups is 1. The van der Waals surface area contributed by atoms with Gasteiger partial charge in [0.05, 0.1) is 25.4 Å². The Bertz CT molecular complexity index is 910. The molecule has 0 aromatic heterocycles. The van der Waals surface area contributed by atoms with Gasteiger partial charge in [-0.2, -0.15) is 0 Å². The summed E-state index contributed by atoms with van der Waals surface area (Å²) in [6.45, 7) is 3.49. The van der Waals surface area contributed by atoms with Crippen LogP contribution in [0.1, 0.15) is 174 Å². The van der Waals surface area contributed by atoms with Gasteiger partial charge in [0.15, 0.2) is 6.29 Å². The quantitative estimate of drug-likeness (QED) is 0.0287. The zero-order chi connectivity index (χ0) is 38.1. The monoisotopic (exact) mass is 738 g/mol. The van der Waals surface area contributed by atoms with Crippen LogP contribution in [-0.2, 0) is 14.3 Å². The topological polar surface area (TPSA) is 149 Å². The lowest BCUT2D eigenvalue weighted by molar-refractivity contribution is -0.302. The lowest BCUT2D eigenvalue weighted by atomic mass is 9.99. The molecular weight excluding hydrogens is 658 g/mol. The number of nitrogens with one attached hydrogen (secondary N) is 1. The van der Waals surface area contributed by atoms with Gasteiger partial charge in [-0.25, -0.2) is 0 Å². The van der Waals surface area contributed by atoms with E-state index in [1.54, 1.807) is 6.08 Å². The molecule has 9 heteroatoms. The van der Waals surface area contributed by atoms with E-state index in [9.17, 15) is 30.3 Å². The minimum Gasteiger partial charge on any atom is -0.394 e. The largest absolute Gasteiger partial charge is 0.394 e. The van der Waals surface area contributed by atoms with E-state index in [0.29, 0.717) is 12.8 Å². The molecule has 1 saturated heterocycles. The van der Waals surface area contributed by atoms with Gasteiger partial charge in [-0.3, -0.25) is 4.79 Å². The second-order valence-corrected chi connectivity index (χ2v) is 14.8. The van der Waals surface area contributed by atoms with Crippen molar-refractivity contribution in [2.24, 2.45) is 0 Å². The van der Waals surface area contributed by atoms with Crippen LogP contribution in [0.4, 0.5) is 0 Å². The SMILES string of the molecule is CCCCCCCCCCCCCCCCCCC/C=C/CC/C=C/CC/C=C/C(O)C(COC1OC(CO)C(O)C(O)C1O)NC(=O)CCCC. The molecule has 0 saturated carbocycles. The summed E-state index contributed by atoms with van der Waals surface area (Å²) in [5.74, 6) is -0.228. The maximum atomic E-state index is 12.4. The maximum Gasteiger partial charge on any atom is 0.220 e. The molecule has 6 N–H and O–H groups in total. The molecule has 304 valence electrons. The van der Waals surface area contributed by atoms with E-state index < -0.39 is 49.5 Å². The first-order valence-electron chi connectivity index (χ1n) is 21.2. The van der Waals surface area contributed by atoms with E-state index in [1.807, 2.05) is 13.0 Å². The highest BCUT2D eigenvalue weighted by atomic mass is 16.7. The van der Waals surface area contributed by atoms with Crippen LogP contribution in [-0.4, -0.2) is 87.5 Å². The molecular formula is C43H79NO8. The summed E-state index contributed by atoms with van der Waals surface area (Å²) in [4.78, 5) is 12.4. The first-order valence-corrected chi connectivity index (χ1v) is 21.2. The van der Waals surface area contributed by atoms with Crippen molar-refractivity contribution >= 4 is 5.91 Å². The molecule has 7 atom stereocenters. The van der Waals surface area contributed by atoms with Crippen LogP contribution >= 0.6 is 0 Å². The van der Waals surface area contributed by atoms with E-state index in [0.717, 1.165) is 32.1 Å². The van der Waals surface area contributed by atoms with Crippen molar-refractivity contribution in [3.05, 3.63) is 36.5 Å². The van der Waals surface area contributed by atoms with E-state index in [-0.39, 0.29) is 12.5 Å². The Kier molecular flexibility index (Phi) is 31.6. The predicted octanol–water partition coefficient (Wildman–Crippen LogP) is 8.11. The van der Waals surface area contributed by atoms with E-state index >= 15 is 0 Å². The molecule has 1 heterocycles. The summed E-state index contributed by atoms with van der Waals surface area (Å²) in [5, 5.41) is 53.3. The summed E-state index contributed by atoms with van der Waals surface area (Å²) in [6, 6.07) is -0.820. The molecule has 0 bridgehead atoms. The lowest BCUT2D eigenvalue weighted by Crippen LogP contribution is -2.60. The zero-order valence-corrected chi connectivity index (χ0v) is 33.1. The van der Waals surface area contributed by atoms with Gasteiger partial charge in [-0.1, -0.05) is 159 Å². The van der Waals surface area contributed by atoms with Crippen LogP contribution in [0.5, 0.6) is 0 Å². The van der Waals surface area contributed by atoms with Gasteiger partial charge in [0, 0.05) is 6.42 Å². The molecule has 9 nitrogen and oxygen atoms in total. The van der Waals surface area contributed by atoms with Crippen LogP contribution in [0.25, 0.3) is 0 Å². The molecule has 1 fully saturated rings. The molecule has 0 spiro atoms. The van der Waals surface area contributed by atoms with Gasteiger partial charge >= 0.3 is 0 Å². The third-order valence-electron chi connectivity index (χ3n) is 9.95. The Morgan fingerprint density at radius 1 is 0.635 bits per heavy atom. The van der Waals surface area contributed by atoms with Crippen molar-refractivity contribution < 1.29 is 39.8 Å². The zero-order valence-electron chi connectivity index (χ0n) is 33.1. The number of aliphatic hydroxyl groups is 5. The van der Waals surface area contributed by atoms with Crippen LogP contribution < -0.4 is 5.32 Å². The number of rotatable bonds is 34. The van der Waals surface area contributed by atoms with Gasteiger partial charge in [0.1, 0.15) is 24.4 Å². The smallest absolute Gasteiger partial charge is 0.220 e. The summed E-state index contributed by atoms with van der Waals surface area (Å²) >= 11 is 0. The first-order chi connectivity index (χ1) is 25.3. The fraction of sp³-hybridized carbons (Fsp3) is 0.837. The van der Waals surface area contributed by atoms with Crippen LogP contribution in [0.3, 0.4) is 0 Å². The number of aliphatic hydroxyl groups excluding tert-OH is 5. The summed E-state index contributed by atoms with van der Waals surface area (Å²) in [5.41, 5.74) is 0. The molecule has 1 amide bonds. The van der Waals surface area contributed by atoms with E-state index in [1.165, 1.54) is 116 Å². The normalized spacial score (nSPS) is 22.2. The standard InChI is InChI=1S/C43H79NO8/c1-3-5-7-8-9-10-11-12-13-14-15-16-17-18-19-20-21-22-23-24-25-26-27-28-29-30-31-32-37(46)36(44-39(47)33-6-4-2)35-51-43-42(50)41(49)40(48)38(34-45)52-43/h23-24,27-28,31-32,36-38,40-43,45-46,48-50H,3-22,25-26,29-30,33-35H2,1-2H3,(H,44,47)/b24-23+,28-27+,32-31+. The van der Waals surface area contributed by atoms with Gasteiger partial charge in [0.2, 0.25) is 5.91 Å². The van der Waals surface area contributed by atoms with Gasteiger partial charge in [-0.05, 0) is 44.9 Å². The fourth-order valence-electron chi connectivity index (χ4n) is 6.46. The van der Waals surface area contributed by atoms with Crippen molar-refractivity contribution in [3.63, 3.8) is 0 Å². The Hall–Kier alpha value is -1.59. The van der Waals surface area contributed by atoms with E-state index in [2.05, 4.69) is 36.5 Å². The van der Waals surface area contributed by atoms with Crippen LogP contribution in [0.2, 0.25) is 0 Å². The first kappa shape index (κ1) is 48.4. The predicted molar refractivity (Wildman–Crippen MR) is 212 cm³/mol. The Labute approximate surface area is 317 Å². The number of allylic oxidation sites excluding steroid dienone is 5. The average Bonchev–Trinajstić information content (AvgIpc) is 3.14. The van der Waals surface area contributed by atoms with Crippen LogP contribution in [0.15, 0.2) is 36.5 Å². The molecule has 52 heavy (non-hydrogen) atoms. The highest BCUT2D eigenvalue weighted by Gasteiger charge is 2.44. The molecule has 1 rings (SSSR count). The molecule has 0 radical (unpaired) electrons. The minimum absolute atomic E-state index is 0.209. The van der Waals surface area contributed by atoms with Crippen molar-refractivity contribution in [3.8, 4) is 0 Å². The van der Waals surface area contributed by atoms with Crippen molar-refractivity contribution in [1.29, 1.82) is 0 Å². The molecule has 7 unspecified atom stereocenters. The summed E-state index contributed by atoms with van der Waals surface area (Å²) in [6.07, 6.45) is 34.8. The number of carbonyl (C=O) groups excluding carboxylic acids is 1. The number of hydrogen-bond acceptors (Lipinski definition) is 8. The Morgan fingerprint density at radius 2 is 1.10 bits per heavy atom. The fourth-order valence-corrected chi connectivity index (χ4v) is 6.46. The Morgan fingerprint density at radius 3 is 1.60 bits per heavy atom. The number of amides is 1.